The highest BCUT2D eigenvalue weighted by Gasteiger charge is 2.82. The SMILES string of the molecule is CC[C@H](C)C(=O)O[C@H]1OC[C@]23[C@H](C[C@@H](O)[C@]4(C)[C@H]5C(=O)C[C@@H](c6ccoc6)[C@]5(C)CC(=O)[C@@H]42)[C@@]1(C)[C@H](OC(C)=O)[C@H](OC(C)=O)[C@@H]3O. The molecule has 1 aromatic rings. The van der Waals surface area contributed by atoms with Crippen molar-refractivity contribution >= 4 is 29.5 Å². The number of hydrogen-bond donors (Lipinski definition) is 2. The largest absolute Gasteiger partial charge is 0.472 e. The molecule has 0 amide bonds. The molecule has 2 bridgehead atoms. The van der Waals surface area contributed by atoms with Gasteiger partial charge in [-0.1, -0.05) is 27.7 Å². The van der Waals surface area contributed by atoms with Gasteiger partial charge in [0.05, 0.1) is 36.6 Å². The molecule has 12 heteroatoms. The summed E-state index contributed by atoms with van der Waals surface area (Å²) in [5.74, 6) is -5.93. The maximum absolute atomic E-state index is 14.8. The Morgan fingerprint density at radius 3 is 2.28 bits per heavy atom. The number of carbonyl (C=O) groups is 5. The number of Topliss-reactive ketones (excluding diaryl/α,β-unsaturated/α-hetero) is 2. The quantitative estimate of drug-likeness (QED) is 0.338. The minimum absolute atomic E-state index is 0.0117. The lowest BCUT2D eigenvalue weighted by molar-refractivity contribution is -0.387. The maximum atomic E-state index is 14.8. The Hall–Kier alpha value is -3.09. The Morgan fingerprint density at radius 1 is 1.00 bits per heavy atom. The lowest BCUT2D eigenvalue weighted by Crippen LogP contribution is -2.82. The summed E-state index contributed by atoms with van der Waals surface area (Å²) < 4.78 is 29.2. The second-order valence-electron chi connectivity index (χ2n) is 15.4. The Balaban J connectivity index is 1.54. The molecule has 12 nitrogen and oxygen atoms in total. The first-order chi connectivity index (χ1) is 22.0. The predicted molar refractivity (Wildman–Crippen MR) is 161 cm³/mol. The number of carbonyl (C=O) groups excluding carboxylic acids is 5. The molecule has 0 spiro atoms. The lowest BCUT2D eigenvalue weighted by Gasteiger charge is -2.73. The average Bonchev–Trinajstić information content (AvgIpc) is 3.61. The van der Waals surface area contributed by atoms with Crippen LogP contribution < -0.4 is 0 Å². The van der Waals surface area contributed by atoms with E-state index < -0.39 is 93.9 Å². The van der Waals surface area contributed by atoms with Crippen LogP contribution in [0, 0.1) is 45.3 Å². The summed E-state index contributed by atoms with van der Waals surface area (Å²) in [7, 11) is 0. The summed E-state index contributed by atoms with van der Waals surface area (Å²) >= 11 is 0. The normalized spacial score (nSPS) is 46.0. The molecule has 1 saturated heterocycles. The minimum Gasteiger partial charge on any atom is -0.472 e. The molecule has 2 heterocycles. The van der Waals surface area contributed by atoms with Crippen LogP contribution in [0.5, 0.6) is 0 Å². The van der Waals surface area contributed by atoms with Gasteiger partial charge in [-0.05, 0) is 42.7 Å². The third-order valence-electron chi connectivity index (χ3n) is 13.0. The molecule has 4 aliphatic carbocycles. The molecule has 5 aliphatic rings. The second-order valence-corrected chi connectivity index (χ2v) is 15.4. The molecule has 6 rings (SSSR count). The van der Waals surface area contributed by atoms with Crippen LogP contribution in [0.4, 0.5) is 0 Å². The van der Waals surface area contributed by atoms with E-state index in [2.05, 4.69) is 0 Å². The number of aliphatic hydroxyl groups is 2. The van der Waals surface area contributed by atoms with Gasteiger partial charge < -0.3 is 33.6 Å². The number of fused-ring (bicyclic) bond motifs is 3. The summed E-state index contributed by atoms with van der Waals surface area (Å²) in [4.78, 5) is 67.3. The summed E-state index contributed by atoms with van der Waals surface area (Å²) in [5.41, 5.74) is -4.40. The predicted octanol–water partition coefficient (Wildman–Crippen LogP) is 3.11. The fourth-order valence-corrected chi connectivity index (χ4v) is 11.0. The molecule has 0 aromatic carbocycles. The Labute approximate surface area is 273 Å². The highest BCUT2D eigenvalue weighted by atomic mass is 16.7. The molecule has 0 unspecified atom stereocenters. The van der Waals surface area contributed by atoms with Crippen molar-refractivity contribution < 1.29 is 57.6 Å². The highest BCUT2D eigenvalue weighted by molar-refractivity contribution is 5.94. The average molecular weight is 659 g/mol. The van der Waals surface area contributed by atoms with Gasteiger partial charge in [-0.15, -0.1) is 0 Å². The molecule has 1 aliphatic heterocycles. The van der Waals surface area contributed by atoms with Crippen LogP contribution in [0.15, 0.2) is 23.0 Å². The third kappa shape index (κ3) is 4.46. The van der Waals surface area contributed by atoms with Crippen molar-refractivity contribution in [2.45, 2.75) is 111 Å². The topological polar surface area (TPSA) is 176 Å². The van der Waals surface area contributed by atoms with Crippen LogP contribution in [-0.2, 0) is 42.9 Å². The fourth-order valence-electron chi connectivity index (χ4n) is 11.0. The van der Waals surface area contributed by atoms with Crippen LogP contribution in [0.25, 0.3) is 0 Å². The number of furan rings is 1. The van der Waals surface area contributed by atoms with Crippen LogP contribution in [0.1, 0.15) is 85.6 Å². The van der Waals surface area contributed by atoms with Crippen molar-refractivity contribution in [3.8, 4) is 0 Å². The Bertz CT molecular complexity index is 1470. The van der Waals surface area contributed by atoms with Crippen molar-refractivity contribution in [2.75, 3.05) is 6.61 Å². The van der Waals surface area contributed by atoms with Gasteiger partial charge in [-0.2, -0.15) is 0 Å². The van der Waals surface area contributed by atoms with Gasteiger partial charge in [-0.3, -0.25) is 24.0 Å². The van der Waals surface area contributed by atoms with E-state index in [0.29, 0.717) is 6.42 Å². The van der Waals surface area contributed by atoms with Crippen molar-refractivity contribution in [2.24, 2.45) is 45.3 Å². The van der Waals surface area contributed by atoms with Gasteiger partial charge in [0.25, 0.3) is 0 Å². The number of hydrogen-bond acceptors (Lipinski definition) is 12. The first-order valence-electron chi connectivity index (χ1n) is 16.6. The summed E-state index contributed by atoms with van der Waals surface area (Å²) in [6.45, 7) is 10.9. The highest BCUT2D eigenvalue weighted by Crippen LogP contribution is 2.75. The standard InChI is InChI=1S/C35H46O12/c1-8-16(2)30(42)47-31-33(6)23-12-24(40)34(7)26-21(38)11-20(19-9-10-43-14-19)32(26,5)13-22(39)27(34)35(23,15-44-31)28(41)25(45-17(3)36)29(33)46-18(4)37/h9-10,14,16,20,23-29,31,40-41H,8,11-13,15H2,1-7H3/t16-,20-,23+,24+,25+,26-,27-,28-,29+,31+,32-,33-,34+,35-/m0/s1. The monoisotopic (exact) mass is 658 g/mol. The van der Waals surface area contributed by atoms with E-state index in [1.165, 1.54) is 13.2 Å². The van der Waals surface area contributed by atoms with Crippen LogP contribution in [0.3, 0.4) is 0 Å². The zero-order valence-corrected chi connectivity index (χ0v) is 28.0. The zero-order valence-electron chi connectivity index (χ0n) is 28.0. The van der Waals surface area contributed by atoms with Gasteiger partial charge in [0.15, 0.2) is 12.2 Å². The number of aliphatic hydroxyl groups excluding tert-OH is 2. The van der Waals surface area contributed by atoms with E-state index in [9.17, 15) is 34.2 Å². The van der Waals surface area contributed by atoms with E-state index in [1.807, 2.05) is 13.8 Å². The summed E-state index contributed by atoms with van der Waals surface area (Å²) in [6.07, 6.45) is -3.28. The smallest absolute Gasteiger partial charge is 0.310 e. The van der Waals surface area contributed by atoms with E-state index >= 15 is 0 Å². The molecule has 14 atom stereocenters. The van der Waals surface area contributed by atoms with Gasteiger partial charge in [0.2, 0.25) is 6.29 Å². The van der Waals surface area contributed by atoms with Gasteiger partial charge in [0.1, 0.15) is 17.7 Å². The van der Waals surface area contributed by atoms with E-state index in [0.717, 1.165) is 12.5 Å². The van der Waals surface area contributed by atoms with Crippen molar-refractivity contribution in [3.63, 3.8) is 0 Å². The minimum atomic E-state index is -1.61. The zero-order chi connectivity index (χ0) is 34.4. The van der Waals surface area contributed by atoms with Gasteiger partial charge >= 0.3 is 17.9 Å². The second kappa shape index (κ2) is 11.2. The molecule has 1 aromatic heterocycles. The first-order valence-corrected chi connectivity index (χ1v) is 16.6. The maximum Gasteiger partial charge on any atom is 0.310 e. The van der Waals surface area contributed by atoms with Crippen LogP contribution in [0.2, 0.25) is 0 Å². The number of ketones is 2. The fraction of sp³-hybridized carbons (Fsp3) is 0.743. The first kappa shape index (κ1) is 33.8. The molecular formula is C35H46O12. The number of esters is 3. The van der Waals surface area contributed by atoms with E-state index in [-0.39, 0.29) is 43.4 Å². The van der Waals surface area contributed by atoms with Crippen molar-refractivity contribution in [1.82, 2.24) is 0 Å². The third-order valence-corrected chi connectivity index (χ3v) is 13.0. The molecule has 0 radical (unpaired) electrons. The van der Waals surface area contributed by atoms with Gasteiger partial charge in [-0.25, -0.2) is 0 Å². The molecule has 4 saturated carbocycles. The van der Waals surface area contributed by atoms with Crippen molar-refractivity contribution in [1.29, 1.82) is 0 Å². The molecule has 47 heavy (non-hydrogen) atoms. The van der Waals surface area contributed by atoms with Crippen LogP contribution in [-0.4, -0.2) is 77.0 Å². The lowest BCUT2D eigenvalue weighted by atomic mass is 9.33. The summed E-state index contributed by atoms with van der Waals surface area (Å²) in [6, 6.07) is 1.79. The molecule has 2 N–H and O–H groups in total. The molecule has 258 valence electrons. The van der Waals surface area contributed by atoms with Gasteiger partial charge in [0, 0.05) is 55.3 Å². The van der Waals surface area contributed by atoms with E-state index in [4.69, 9.17) is 23.4 Å². The Morgan fingerprint density at radius 2 is 1.68 bits per heavy atom. The van der Waals surface area contributed by atoms with Crippen LogP contribution >= 0.6 is 0 Å². The van der Waals surface area contributed by atoms with Crippen molar-refractivity contribution in [3.05, 3.63) is 24.2 Å². The number of rotatable bonds is 6. The van der Waals surface area contributed by atoms with E-state index in [1.54, 1.807) is 33.1 Å². The summed E-state index contributed by atoms with van der Waals surface area (Å²) in [5, 5.41) is 24.7. The Kier molecular flexibility index (Phi) is 8.08. The number of ether oxygens (including phenoxy) is 4. The molecular weight excluding hydrogens is 612 g/mol. The molecule has 5 fully saturated rings.